The fourth-order valence-corrected chi connectivity index (χ4v) is 2.17. The van der Waals surface area contributed by atoms with Crippen molar-refractivity contribution in [3.05, 3.63) is 34.5 Å². The first kappa shape index (κ1) is 10.8. The summed E-state index contributed by atoms with van der Waals surface area (Å²) in [6, 6.07) is 2.11. The quantitative estimate of drug-likeness (QED) is 0.803. The number of anilines is 1. The van der Waals surface area contributed by atoms with Gasteiger partial charge >= 0.3 is 0 Å². The van der Waals surface area contributed by atoms with E-state index in [9.17, 15) is 0 Å². The number of nitrogens with one attached hydrogen (secondary N) is 1. The van der Waals surface area contributed by atoms with Crippen LogP contribution in [0.1, 0.15) is 10.4 Å². The lowest BCUT2D eigenvalue weighted by Gasteiger charge is -2.04. The second kappa shape index (κ2) is 4.89. The first-order valence-corrected chi connectivity index (χ1v) is 5.83. The van der Waals surface area contributed by atoms with E-state index in [1.165, 1.54) is 10.4 Å². The zero-order valence-corrected chi connectivity index (χ0v) is 9.87. The Kier molecular flexibility index (Phi) is 3.31. The minimum Gasteiger partial charge on any atom is -0.348 e. The molecule has 2 rings (SSSR count). The molecule has 0 saturated carbocycles. The van der Waals surface area contributed by atoms with E-state index in [1.807, 2.05) is 0 Å². The molecule has 0 unspecified atom stereocenters. The maximum absolute atomic E-state index is 3.91. The molecule has 5 nitrogen and oxygen atoms in total. The van der Waals surface area contributed by atoms with Crippen LogP contribution in [0.3, 0.4) is 0 Å². The van der Waals surface area contributed by atoms with Crippen LogP contribution in [-0.2, 0) is 13.1 Å². The third kappa shape index (κ3) is 2.27. The first-order chi connectivity index (χ1) is 7.81. The lowest BCUT2D eigenvalue weighted by molar-refractivity contribution is 0.663. The molecule has 2 heterocycles. The molecule has 2 aromatic heterocycles. The predicted octanol–water partition coefficient (Wildman–Crippen LogP) is 1.84. The average molecular weight is 235 g/mol. The van der Waals surface area contributed by atoms with Crippen molar-refractivity contribution in [2.24, 2.45) is 0 Å². The zero-order valence-electron chi connectivity index (χ0n) is 9.05. The van der Waals surface area contributed by atoms with Gasteiger partial charge in [-0.1, -0.05) is 11.2 Å². The topological polar surface area (TPSA) is 55.6 Å². The number of hydrogen-bond acceptors (Lipinski definition) is 5. The van der Waals surface area contributed by atoms with E-state index >= 15 is 0 Å². The van der Waals surface area contributed by atoms with E-state index in [-0.39, 0.29) is 0 Å². The molecular weight excluding hydrogens is 222 g/mol. The van der Waals surface area contributed by atoms with E-state index in [0.717, 1.165) is 6.54 Å². The van der Waals surface area contributed by atoms with Crippen molar-refractivity contribution in [3.63, 3.8) is 0 Å². The van der Waals surface area contributed by atoms with Crippen LogP contribution in [0, 0.1) is 6.92 Å². The van der Waals surface area contributed by atoms with Gasteiger partial charge in [0.2, 0.25) is 5.95 Å². The Morgan fingerprint density at radius 3 is 3.19 bits per heavy atom. The summed E-state index contributed by atoms with van der Waals surface area (Å²) in [5.74, 6) is 0.674. The van der Waals surface area contributed by atoms with Gasteiger partial charge in [0.1, 0.15) is 0 Å². The van der Waals surface area contributed by atoms with Crippen LogP contribution in [0.4, 0.5) is 5.95 Å². The van der Waals surface area contributed by atoms with Gasteiger partial charge in [-0.15, -0.1) is 17.9 Å². The van der Waals surface area contributed by atoms with Gasteiger partial charge in [-0.2, -0.15) is 0 Å². The Morgan fingerprint density at radius 2 is 2.50 bits per heavy atom. The van der Waals surface area contributed by atoms with E-state index in [0.29, 0.717) is 12.5 Å². The van der Waals surface area contributed by atoms with Crippen LogP contribution >= 0.6 is 11.3 Å². The van der Waals surface area contributed by atoms with Crippen LogP contribution in [-0.4, -0.2) is 20.2 Å². The Bertz CT molecular complexity index is 473. The zero-order chi connectivity index (χ0) is 11.4. The Hall–Kier alpha value is -1.69. The van der Waals surface area contributed by atoms with Crippen LogP contribution < -0.4 is 5.32 Å². The molecule has 0 aromatic carbocycles. The molecule has 0 atom stereocenters. The summed E-state index contributed by atoms with van der Waals surface area (Å²) in [5, 5.41) is 16.7. The maximum Gasteiger partial charge on any atom is 0.243 e. The van der Waals surface area contributed by atoms with Crippen molar-refractivity contribution in [2.75, 3.05) is 5.32 Å². The number of allylic oxidation sites excluding steroid dienone is 1. The maximum atomic E-state index is 3.91. The fraction of sp³-hybridized carbons (Fsp3) is 0.300. The van der Waals surface area contributed by atoms with Gasteiger partial charge in [-0.25, -0.2) is 4.68 Å². The third-order valence-electron chi connectivity index (χ3n) is 2.21. The lowest BCUT2D eigenvalue weighted by atomic mass is 10.3. The van der Waals surface area contributed by atoms with E-state index in [2.05, 4.69) is 45.8 Å². The summed E-state index contributed by atoms with van der Waals surface area (Å²) in [5.41, 5.74) is 1.29. The van der Waals surface area contributed by atoms with Gasteiger partial charge < -0.3 is 5.32 Å². The lowest BCUT2D eigenvalue weighted by Crippen LogP contribution is -2.07. The van der Waals surface area contributed by atoms with Gasteiger partial charge in [0.05, 0.1) is 13.1 Å². The van der Waals surface area contributed by atoms with Crippen LogP contribution in [0.25, 0.3) is 0 Å². The van der Waals surface area contributed by atoms with Crippen LogP contribution in [0.2, 0.25) is 0 Å². The molecule has 0 aliphatic rings. The van der Waals surface area contributed by atoms with Crippen LogP contribution in [0.15, 0.2) is 24.1 Å². The highest BCUT2D eigenvalue weighted by Gasteiger charge is 2.05. The summed E-state index contributed by atoms with van der Waals surface area (Å²) in [4.78, 5) is 1.30. The van der Waals surface area contributed by atoms with Crippen molar-refractivity contribution >= 4 is 17.3 Å². The summed E-state index contributed by atoms with van der Waals surface area (Å²) >= 11 is 1.73. The third-order valence-corrected chi connectivity index (χ3v) is 3.23. The minimum atomic E-state index is 0.610. The number of nitrogens with zero attached hydrogens (tertiary/aromatic N) is 4. The number of aryl methyl sites for hydroxylation is 1. The Balaban J connectivity index is 2.02. The molecule has 0 fully saturated rings. The number of hydrogen-bond donors (Lipinski definition) is 1. The molecule has 0 saturated heterocycles. The standard InChI is InChI=1S/C10H13N5S/c1-3-5-15-10(12-13-14-15)11-7-9-8(2)4-6-16-9/h3-4,6H,1,5,7H2,2H3,(H,11,12,14). The van der Waals surface area contributed by atoms with Crippen molar-refractivity contribution in [3.8, 4) is 0 Å². The minimum absolute atomic E-state index is 0.610. The molecule has 0 amide bonds. The van der Waals surface area contributed by atoms with Gasteiger partial charge in [-0.3, -0.25) is 0 Å². The van der Waals surface area contributed by atoms with E-state index < -0.39 is 0 Å². The van der Waals surface area contributed by atoms with Crippen molar-refractivity contribution < 1.29 is 0 Å². The SMILES string of the molecule is C=CCn1nnnc1NCc1sccc1C. The highest BCUT2D eigenvalue weighted by molar-refractivity contribution is 7.10. The molecule has 0 spiro atoms. The van der Waals surface area contributed by atoms with Crippen molar-refractivity contribution in [2.45, 2.75) is 20.0 Å². The summed E-state index contributed by atoms with van der Waals surface area (Å²) in [6.07, 6.45) is 1.76. The monoisotopic (exact) mass is 235 g/mol. The number of aromatic nitrogens is 4. The highest BCUT2D eigenvalue weighted by atomic mass is 32.1. The molecular formula is C10H13N5S. The molecule has 0 radical (unpaired) electrons. The molecule has 0 aliphatic heterocycles. The Labute approximate surface area is 97.8 Å². The summed E-state index contributed by atoms with van der Waals surface area (Å²) < 4.78 is 1.68. The molecule has 0 aliphatic carbocycles. The smallest absolute Gasteiger partial charge is 0.243 e. The first-order valence-electron chi connectivity index (χ1n) is 4.95. The van der Waals surface area contributed by atoms with E-state index in [4.69, 9.17) is 0 Å². The average Bonchev–Trinajstić information content (AvgIpc) is 2.86. The molecule has 16 heavy (non-hydrogen) atoms. The van der Waals surface area contributed by atoms with Crippen LogP contribution in [0.5, 0.6) is 0 Å². The second-order valence-corrected chi connectivity index (χ2v) is 4.35. The summed E-state index contributed by atoms with van der Waals surface area (Å²) in [6.45, 7) is 7.12. The number of rotatable bonds is 5. The highest BCUT2D eigenvalue weighted by Crippen LogP contribution is 2.16. The second-order valence-electron chi connectivity index (χ2n) is 3.35. The van der Waals surface area contributed by atoms with Gasteiger partial charge in [0.15, 0.2) is 0 Å². The van der Waals surface area contributed by atoms with Gasteiger partial charge in [0, 0.05) is 4.88 Å². The molecule has 6 heteroatoms. The van der Waals surface area contributed by atoms with Crippen molar-refractivity contribution in [1.82, 2.24) is 20.2 Å². The fourth-order valence-electron chi connectivity index (χ4n) is 1.32. The summed E-state index contributed by atoms with van der Waals surface area (Å²) in [7, 11) is 0. The van der Waals surface area contributed by atoms with Crippen molar-refractivity contribution in [1.29, 1.82) is 0 Å². The number of thiophene rings is 1. The predicted molar refractivity (Wildman–Crippen MR) is 64.4 cm³/mol. The number of tetrazole rings is 1. The van der Waals surface area contributed by atoms with Gasteiger partial charge in [-0.05, 0) is 34.4 Å². The van der Waals surface area contributed by atoms with Gasteiger partial charge in [0.25, 0.3) is 0 Å². The molecule has 84 valence electrons. The molecule has 0 bridgehead atoms. The Morgan fingerprint density at radius 1 is 1.62 bits per heavy atom. The molecule has 1 N–H and O–H groups in total. The molecule has 2 aromatic rings. The normalized spacial score (nSPS) is 10.3. The largest absolute Gasteiger partial charge is 0.348 e. The van der Waals surface area contributed by atoms with E-state index in [1.54, 1.807) is 22.1 Å².